The number of likely N-dealkylation sites (N-methyl/N-ethyl adjacent to an activating group) is 1. The highest BCUT2D eigenvalue weighted by atomic mass is 32.2. The summed E-state index contributed by atoms with van der Waals surface area (Å²) in [5.41, 5.74) is 0.677. The molecule has 0 radical (unpaired) electrons. The van der Waals surface area contributed by atoms with Crippen LogP contribution in [0.4, 0.5) is 10.8 Å². The Hall–Kier alpha value is -2.33. The van der Waals surface area contributed by atoms with Gasteiger partial charge < -0.3 is 20.3 Å². The lowest BCUT2D eigenvalue weighted by Crippen LogP contribution is -2.50. The van der Waals surface area contributed by atoms with Gasteiger partial charge in [0, 0.05) is 13.1 Å². The third-order valence-electron chi connectivity index (χ3n) is 4.24. The first kappa shape index (κ1) is 18.1. The van der Waals surface area contributed by atoms with E-state index in [1.165, 1.54) is 35.9 Å². The van der Waals surface area contributed by atoms with Crippen LogP contribution in [0.25, 0.3) is 0 Å². The summed E-state index contributed by atoms with van der Waals surface area (Å²) in [5.74, 6) is 0.390. The highest BCUT2D eigenvalue weighted by Gasteiger charge is 2.33. The molecule has 4 rings (SSSR count). The third kappa shape index (κ3) is 4.16. The molecule has 0 saturated heterocycles. The van der Waals surface area contributed by atoms with Crippen LogP contribution in [-0.4, -0.2) is 53.5 Å². The number of thioether (sulfide) groups is 1. The number of rotatable bonds is 6. The van der Waals surface area contributed by atoms with Crippen LogP contribution in [-0.2, 0) is 9.59 Å². The predicted molar refractivity (Wildman–Crippen MR) is 105 cm³/mol. The zero-order valence-electron chi connectivity index (χ0n) is 14.7. The maximum absolute atomic E-state index is 12.8. The molecule has 10 heteroatoms. The van der Waals surface area contributed by atoms with E-state index in [0.717, 1.165) is 9.47 Å². The van der Waals surface area contributed by atoms with E-state index in [4.69, 9.17) is 4.74 Å². The first-order valence-corrected chi connectivity index (χ1v) is 10.4. The molecule has 1 fully saturated rings. The molecule has 2 amide bonds. The molecule has 2 N–H and O–H groups in total. The highest BCUT2D eigenvalue weighted by Crippen LogP contribution is 2.35. The van der Waals surface area contributed by atoms with Crippen LogP contribution in [0, 0.1) is 0 Å². The molecule has 8 nitrogen and oxygen atoms in total. The van der Waals surface area contributed by atoms with Crippen LogP contribution >= 0.6 is 23.1 Å². The number of amides is 2. The van der Waals surface area contributed by atoms with E-state index in [-0.39, 0.29) is 24.1 Å². The number of carbonyl (C=O) groups excluding carboxylic acids is 2. The number of benzene rings is 1. The van der Waals surface area contributed by atoms with Crippen molar-refractivity contribution in [2.24, 2.45) is 0 Å². The SMILES string of the molecule is CNC(=O)[C@H]1CN(C(=O)CSc2nnc(NC3CC3)s2)c2ccccc2O1. The van der Waals surface area contributed by atoms with E-state index >= 15 is 0 Å². The van der Waals surface area contributed by atoms with Crippen LogP contribution in [0.1, 0.15) is 12.8 Å². The van der Waals surface area contributed by atoms with Gasteiger partial charge >= 0.3 is 0 Å². The van der Waals surface area contributed by atoms with E-state index in [2.05, 4.69) is 20.8 Å². The summed E-state index contributed by atoms with van der Waals surface area (Å²) in [6.45, 7) is 0.181. The molecule has 2 heterocycles. The average molecular weight is 406 g/mol. The standard InChI is InChI=1S/C17H19N5O3S2/c1-18-15(24)13-8-22(11-4-2-3-5-12(11)25-13)14(23)9-26-17-21-20-16(27-17)19-10-6-7-10/h2-5,10,13H,6-9H2,1H3,(H,18,24)(H,19,20)/t13-/m1/s1. The van der Waals surface area contributed by atoms with Crippen molar-refractivity contribution in [2.45, 2.75) is 29.3 Å². The zero-order chi connectivity index (χ0) is 18.8. The molecule has 142 valence electrons. The van der Waals surface area contributed by atoms with Crippen molar-refractivity contribution < 1.29 is 14.3 Å². The number of nitrogens with zero attached hydrogens (tertiary/aromatic N) is 3. The number of anilines is 2. The second-order valence-electron chi connectivity index (χ2n) is 6.27. The van der Waals surface area contributed by atoms with Gasteiger partial charge in [-0.05, 0) is 25.0 Å². The van der Waals surface area contributed by atoms with Gasteiger partial charge in [-0.1, -0.05) is 35.2 Å². The van der Waals surface area contributed by atoms with Crippen LogP contribution in [0.15, 0.2) is 28.6 Å². The minimum atomic E-state index is -0.727. The van der Waals surface area contributed by atoms with Crippen LogP contribution in [0.2, 0.25) is 0 Å². The number of hydrogen-bond acceptors (Lipinski definition) is 8. The Kier molecular flexibility index (Phi) is 5.17. The normalized spacial score (nSPS) is 18.4. The third-order valence-corrected chi connectivity index (χ3v) is 6.22. The monoisotopic (exact) mass is 405 g/mol. The fourth-order valence-corrected chi connectivity index (χ4v) is 4.40. The summed E-state index contributed by atoms with van der Waals surface area (Å²) in [6, 6.07) is 7.76. The van der Waals surface area contributed by atoms with Gasteiger partial charge in [0.25, 0.3) is 5.91 Å². The maximum atomic E-state index is 12.8. The quantitative estimate of drug-likeness (QED) is 0.707. The van der Waals surface area contributed by atoms with Crippen molar-refractivity contribution >= 4 is 45.7 Å². The summed E-state index contributed by atoms with van der Waals surface area (Å²) >= 11 is 2.81. The van der Waals surface area contributed by atoms with Gasteiger partial charge in [0.1, 0.15) is 5.75 Å². The molecule has 2 aliphatic rings. The van der Waals surface area contributed by atoms with Crippen molar-refractivity contribution in [1.82, 2.24) is 15.5 Å². The lowest BCUT2D eigenvalue weighted by molar-refractivity contribution is -0.127. The Morgan fingerprint density at radius 1 is 1.33 bits per heavy atom. The predicted octanol–water partition coefficient (Wildman–Crippen LogP) is 1.74. The van der Waals surface area contributed by atoms with Gasteiger partial charge in [-0.3, -0.25) is 9.59 Å². The smallest absolute Gasteiger partial charge is 0.262 e. The maximum Gasteiger partial charge on any atom is 0.262 e. The van der Waals surface area contributed by atoms with Gasteiger partial charge in [-0.25, -0.2) is 0 Å². The molecule has 1 saturated carbocycles. The number of fused-ring (bicyclic) bond motifs is 1. The number of aromatic nitrogens is 2. The Morgan fingerprint density at radius 3 is 2.93 bits per heavy atom. The molecule has 0 spiro atoms. The molecule has 1 aliphatic carbocycles. The fourth-order valence-electron chi connectivity index (χ4n) is 2.70. The average Bonchev–Trinajstić information content (AvgIpc) is 3.40. The van der Waals surface area contributed by atoms with Crippen molar-refractivity contribution in [1.29, 1.82) is 0 Å². The van der Waals surface area contributed by atoms with Crippen molar-refractivity contribution in [3.63, 3.8) is 0 Å². The van der Waals surface area contributed by atoms with Crippen molar-refractivity contribution in [2.75, 3.05) is 29.6 Å². The summed E-state index contributed by atoms with van der Waals surface area (Å²) in [6.07, 6.45) is 1.61. The van der Waals surface area contributed by atoms with Gasteiger partial charge in [-0.2, -0.15) is 0 Å². The molecule has 1 aliphatic heterocycles. The van der Waals surface area contributed by atoms with E-state index in [9.17, 15) is 9.59 Å². The minimum absolute atomic E-state index is 0.100. The Morgan fingerprint density at radius 2 is 2.15 bits per heavy atom. The van der Waals surface area contributed by atoms with Gasteiger partial charge in [-0.15, -0.1) is 10.2 Å². The van der Waals surface area contributed by atoms with E-state index < -0.39 is 6.10 Å². The highest BCUT2D eigenvalue weighted by molar-refractivity contribution is 8.01. The van der Waals surface area contributed by atoms with Crippen molar-refractivity contribution in [3.05, 3.63) is 24.3 Å². The molecule has 2 aromatic rings. The number of para-hydroxylation sites is 2. The topological polar surface area (TPSA) is 96.5 Å². The molecule has 1 aromatic carbocycles. The largest absolute Gasteiger partial charge is 0.477 e. The Bertz CT molecular complexity index is 855. The first-order valence-electron chi connectivity index (χ1n) is 8.64. The van der Waals surface area contributed by atoms with E-state index in [1.54, 1.807) is 18.0 Å². The van der Waals surface area contributed by atoms with Crippen LogP contribution in [0.3, 0.4) is 0 Å². The lowest BCUT2D eigenvalue weighted by Gasteiger charge is -2.33. The number of ether oxygens (including phenoxy) is 1. The number of nitrogens with one attached hydrogen (secondary N) is 2. The van der Waals surface area contributed by atoms with Gasteiger partial charge in [0.2, 0.25) is 11.0 Å². The molecule has 1 atom stereocenters. The van der Waals surface area contributed by atoms with Crippen LogP contribution < -0.4 is 20.3 Å². The molecule has 27 heavy (non-hydrogen) atoms. The zero-order valence-corrected chi connectivity index (χ0v) is 16.3. The van der Waals surface area contributed by atoms with Gasteiger partial charge in [0.15, 0.2) is 10.4 Å². The van der Waals surface area contributed by atoms with Gasteiger partial charge in [0.05, 0.1) is 18.0 Å². The van der Waals surface area contributed by atoms with Crippen LogP contribution in [0.5, 0.6) is 5.75 Å². The molecular weight excluding hydrogens is 386 g/mol. The lowest BCUT2D eigenvalue weighted by atomic mass is 10.2. The molecule has 0 bridgehead atoms. The number of hydrogen-bond donors (Lipinski definition) is 2. The minimum Gasteiger partial charge on any atom is -0.477 e. The molecule has 0 unspecified atom stereocenters. The molecular formula is C17H19N5O3S2. The second kappa shape index (κ2) is 7.73. The summed E-state index contributed by atoms with van der Waals surface area (Å²) in [7, 11) is 1.55. The fraction of sp³-hybridized carbons (Fsp3) is 0.412. The molecule has 1 aromatic heterocycles. The van der Waals surface area contributed by atoms with Crippen molar-refractivity contribution in [3.8, 4) is 5.75 Å². The van der Waals surface area contributed by atoms with E-state index in [0.29, 0.717) is 17.5 Å². The van der Waals surface area contributed by atoms with E-state index in [1.807, 2.05) is 18.2 Å². The second-order valence-corrected chi connectivity index (χ2v) is 8.47. The summed E-state index contributed by atoms with van der Waals surface area (Å²) < 4.78 is 6.48. The summed E-state index contributed by atoms with van der Waals surface area (Å²) in [5, 5.41) is 14.9. The number of carbonyl (C=O) groups is 2. The Labute approximate surface area is 164 Å². The first-order chi connectivity index (χ1) is 13.1. The summed E-state index contributed by atoms with van der Waals surface area (Å²) in [4.78, 5) is 26.5. The Balaban J connectivity index is 1.43.